The van der Waals surface area contributed by atoms with Gasteiger partial charge in [-0.05, 0) is 25.1 Å². The Morgan fingerprint density at radius 2 is 1.92 bits per heavy atom. The molecule has 0 aromatic heterocycles. The van der Waals surface area contributed by atoms with Crippen molar-refractivity contribution in [3.05, 3.63) is 0 Å². The van der Waals surface area contributed by atoms with Crippen LogP contribution in [0.1, 0.15) is 19.8 Å². The Morgan fingerprint density at radius 1 is 1.38 bits per heavy atom. The van der Waals surface area contributed by atoms with Crippen LogP contribution in [0.5, 0.6) is 0 Å². The maximum atomic E-state index is 13.6. The predicted octanol–water partition coefficient (Wildman–Crippen LogP) is 2.99. The zero-order valence-electron chi connectivity index (χ0n) is 8.34. The highest BCUT2D eigenvalue weighted by Gasteiger charge is 2.34. The zero-order valence-corrected chi connectivity index (χ0v) is 9.34. The summed E-state index contributed by atoms with van der Waals surface area (Å²) in [7, 11) is -2.73. The van der Waals surface area contributed by atoms with Gasteiger partial charge >= 0.3 is 0 Å². The van der Waals surface area contributed by atoms with Gasteiger partial charge in [-0.3, -0.25) is 0 Å². The molecule has 0 saturated heterocycles. The highest BCUT2D eigenvalue weighted by atomic mass is 28.4. The first-order valence-electron chi connectivity index (χ1n) is 4.39. The van der Waals surface area contributed by atoms with E-state index < -0.39 is 8.41 Å². The van der Waals surface area contributed by atoms with Gasteiger partial charge in [0, 0.05) is 12.3 Å². The molecule has 0 aliphatic rings. The summed E-state index contributed by atoms with van der Waals surface area (Å²) in [5, 5.41) is 17.1. The Labute approximate surface area is 80.2 Å². The van der Waals surface area contributed by atoms with E-state index in [1.165, 1.54) is 0 Å². The van der Waals surface area contributed by atoms with E-state index >= 15 is 0 Å². The molecule has 0 spiro atoms. The predicted molar refractivity (Wildman–Crippen MR) is 52.0 cm³/mol. The summed E-state index contributed by atoms with van der Waals surface area (Å²) in [5.41, 5.74) is -0.189. The van der Waals surface area contributed by atoms with Crippen molar-refractivity contribution >= 4 is 8.41 Å². The highest BCUT2D eigenvalue weighted by molar-refractivity contribution is 6.72. The second-order valence-corrected chi connectivity index (χ2v) is 7.83. The number of hydrogen-bond donors (Lipinski definition) is 0. The molecule has 2 unspecified atom stereocenters. The van der Waals surface area contributed by atoms with E-state index in [2.05, 4.69) is 6.07 Å². The van der Waals surface area contributed by atoms with E-state index in [0.29, 0.717) is 12.8 Å². The fraction of sp³-hybridized carbons (Fsp3) is 0.778. The minimum Gasteiger partial charge on any atom is -0.314 e. The Balaban J connectivity index is 4.28. The van der Waals surface area contributed by atoms with Crippen molar-refractivity contribution in [1.29, 1.82) is 10.5 Å². The number of nitrogens with zero attached hydrogens (tertiary/aromatic N) is 2. The molecule has 0 aliphatic carbocycles. The summed E-state index contributed by atoms with van der Waals surface area (Å²) in [6, 6.07) is 4.07. The van der Waals surface area contributed by atoms with Gasteiger partial charge in [0.15, 0.2) is 0 Å². The van der Waals surface area contributed by atoms with Gasteiger partial charge in [0.2, 0.25) is 8.41 Å². The van der Waals surface area contributed by atoms with Crippen LogP contribution in [0, 0.1) is 28.6 Å². The van der Waals surface area contributed by atoms with Crippen LogP contribution in [0.15, 0.2) is 0 Å². The lowest BCUT2D eigenvalue weighted by molar-refractivity contribution is 0.549. The van der Waals surface area contributed by atoms with Gasteiger partial charge in [-0.1, -0.05) is 6.92 Å². The third-order valence-corrected chi connectivity index (χ3v) is 4.99. The third kappa shape index (κ3) is 4.05. The number of nitriles is 2. The van der Waals surface area contributed by atoms with Crippen LogP contribution in [0.3, 0.4) is 0 Å². The van der Waals surface area contributed by atoms with Gasteiger partial charge < -0.3 is 4.11 Å². The van der Waals surface area contributed by atoms with Crippen LogP contribution in [0.25, 0.3) is 0 Å². The van der Waals surface area contributed by atoms with E-state index in [4.69, 9.17) is 10.5 Å². The molecule has 0 radical (unpaired) electrons. The van der Waals surface area contributed by atoms with Gasteiger partial charge in [-0.2, -0.15) is 10.5 Å². The second kappa shape index (κ2) is 4.99. The Bertz CT molecular complexity index is 233. The Kier molecular flexibility index (Phi) is 4.65. The third-order valence-electron chi connectivity index (χ3n) is 2.42. The lowest BCUT2D eigenvalue weighted by atomic mass is 10.0. The minimum absolute atomic E-state index is 0.189. The number of hydrogen-bond acceptors (Lipinski definition) is 2. The minimum atomic E-state index is -2.73. The smallest absolute Gasteiger partial charge is 0.245 e. The van der Waals surface area contributed by atoms with E-state index in [-0.39, 0.29) is 11.5 Å². The molecule has 2 atom stereocenters. The Morgan fingerprint density at radius 3 is 2.23 bits per heavy atom. The average molecular weight is 198 g/mol. The van der Waals surface area contributed by atoms with Crippen LogP contribution < -0.4 is 0 Å². The molecule has 0 saturated carbocycles. The topological polar surface area (TPSA) is 47.6 Å². The zero-order chi connectivity index (χ0) is 10.5. The van der Waals surface area contributed by atoms with E-state index in [1.54, 1.807) is 20.0 Å². The molecule has 0 aliphatic heterocycles. The van der Waals surface area contributed by atoms with Gasteiger partial charge in [0.25, 0.3) is 0 Å². The highest BCUT2D eigenvalue weighted by Crippen LogP contribution is 2.32. The van der Waals surface area contributed by atoms with E-state index in [0.717, 1.165) is 0 Å². The number of halogens is 1. The van der Waals surface area contributed by atoms with Crippen LogP contribution in [0.4, 0.5) is 4.11 Å². The Hall–Kier alpha value is -0.873. The summed E-state index contributed by atoms with van der Waals surface area (Å²) in [5.74, 6) is -0.300. The maximum Gasteiger partial charge on any atom is 0.245 e. The van der Waals surface area contributed by atoms with Crippen molar-refractivity contribution in [3.8, 4) is 12.1 Å². The summed E-state index contributed by atoms with van der Waals surface area (Å²) in [6.45, 7) is 4.99. The van der Waals surface area contributed by atoms with Gasteiger partial charge in [0.1, 0.15) is 0 Å². The second-order valence-electron chi connectivity index (χ2n) is 3.79. The lowest BCUT2D eigenvalue weighted by Gasteiger charge is -2.24. The molecular weight excluding hydrogens is 183 g/mol. The van der Waals surface area contributed by atoms with Crippen molar-refractivity contribution in [2.24, 2.45) is 5.92 Å². The number of rotatable bonds is 4. The molecule has 0 bridgehead atoms. The van der Waals surface area contributed by atoms with Crippen LogP contribution in [-0.2, 0) is 0 Å². The molecule has 2 nitrogen and oxygen atoms in total. The normalized spacial score (nSPS) is 15.5. The fourth-order valence-corrected chi connectivity index (χ4v) is 2.32. The first kappa shape index (κ1) is 12.1. The van der Waals surface area contributed by atoms with Gasteiger partial charge in [-0.25, -0.2) is 0 Å². The molecule has 0 N–H and O–H groups in total. The SMILES string of the molecule is CC(C(C#N)CCC#N)[Si](C)(C)F. The van der Waals surface area contributed by atoms with E-state index in [1.807, 2.05) is 6.07 Å². The largest absolute Gasteiger partial charge is 0.314 e. The van der Waals surface area contributed by atoms with E-state index in [9.17, 15) is 4.11 Å². The maximum absolute atomic E-state index is 13.6. The molecule has 0 aromatic rings. The average Bonchev–Trinajstić information content (AvgIpc) is 2.04. The van der Waals surface area contributed by atoms with Crippen molar-refractivity contribution in [3.63, 3.8) is 0 Å². The molecule has 0 amide bonds. The molecule has 13 heavy (non-hydrogen) atoms. The molecule has 0 rings (SSSR count). The lowest BCUT2D eigenvalue weighted by Crippen LogP contribution is -2.29. The van der Waals surface area contributed by atoms with Crippen molar-refractivity contribution in [1.82, 2.24) is 0 Å². The van der Waals surface area contributed by atoms with Crippen molar-refractivity contribution < 1.29 is 4.11 Å². The van der Waals surface area contributed by atoms with Crippen LogP contribution in [-0.4, -0.2) is 8.41 Å². The molecule has 0 heterocycles. The standard InChI is InChI=1S/C9H15FN2Si/c1-8(13(2,3)10)9(7-12)5-4-6-11/h8-9H,4-5H2,1-3H3. The summed E-state index contributed by atoms with van der Waals surface area (Å²) in [6.07, 6.45) is 0.835. The molecular formula is C9H15FN2Si. The van der Waals surface area contributed by atoms with Gasteiger partial charge in [-0.15, -0.1) is 0 Å². The van der Waals surface area contributed by atoms with Crippen molar-refractivity contribution in [2.75, 3.05) is 0 Å². The fourth-order valence-electron chi connectivity index (χ4n) is 1.12. The van der Waals surface area contributed by atoms with Gasteiger partial charge in [0.05, 0.1) is 12.1 Å². The quantitative estimate of drug-likeness (QED) is 0.515. The molecule has 4 heteroatoms. The monoisotopic (exact) mass is 198 g/mol. The van der Waals surface area contributed by atoms with Crippen LogP contribution in [0.2, 0.25) is 18.6 Å². The molecule has 0 aromatic carbocycles. The summed E-state index contributed by atoms with van der Waals surface area (Å²) in [4.78, 5) is 0. The first-order chi connectivity index (χ1) is 5.93. The molecule has 0 fully saturated rings. The first-order valence-corrected chi connectivity index (χ1v) is 7.34. The molecule has 72 valence electrons. The summed E-state index contributed by atoms with van der Waals surface area (Å²) < 4.78 is 13.6. The summed E-state index contributed by atoms with van der Waals surface area (Å²) >= 11 is 0. The van der Waals surface area contributed by atoms with Crippen LogP contribution >= 0.6 is 0 Å². The van der Waals surface area contributed by atoms with Crippen molar-refractivity contribution in [2.45, 2.75) is 38.4 Å².